The minimum Gasteiger partial charge on any atom is -0.394 e. The Morgan fingerprint density at radius 3 is 2.44 bits per heavy atom. The Morgan fingerprint density at radius 1 is 1.12 bits per heavy atom. The van der Waals surface area contributed by atoms with E-state index in [1.54, 1.807) is 30.3 Å². The maximum atomic E-state index is 16.5. The Labute approximate surface area is 247 Å². The van der Waals surface area contributed by atoms with E-state index in [0.717, 1.165) is 26.2 Å². The van der Waals surface area contributed by atoms with Crippen LogP contribution in [0.5, 0.6) is 0 Å². The molecule has 2 aliphatic heterocycles. The average Bonchev–Trinajstić information content (AvgIpc) is 3.22. The number of halogens is 3. The van der Waals surface area contributed by atoms with Gasteiger partial charge in [-0.2, -0.15) is 0 Å². The molecule has 2 aromatic carbocycles. The SMILES string of the molecule is CCC(O)(CN1CCNCC1)c1cc(F)c2c(c1)C(=O)N(Cc1ncc(Cl)cn1)[C@@]2(OCCO)c1ccc(Cl)cc1. The molecular formula is C29H32Cl2FN5O4. The van der Waals surface area contributed by atoms with Crippen LogP contribution in [-0.2, 0) is 22.6 Å². The van der Waals surface area contributed by atoms with Gasteiger partial charge in [0.15, 0.2) is 5.72 Å². The summed E-state index contributed by atoms with van der Waals surface area (Å²) >= 11 is 12.2. The molecule has 0 radical (unpaired) electrons. The minimum atomic E-state index is -1.77. The number of amides is 1. The molecule has 2 atom stereocenters. The lowest BCUT2D eigenvalue weighted by Gasteiger charge is -2.39. The zero-order valence-electron chi connectivity index (χ0n) is 22.6. The summed E-state index contributed by atoms with van der Waals surface area (Å²) in [5.41, 5.74) is -2.40. The molecule has 3 heterocycles. The van der Waals surface area contributed by atoms with Gasteiger partial charge in [0.1, 0.15) is 17.2 Å². The maximum absolute atomic E-state index is 16.5. The number of β-amino-alcohol motifs (C(OH)–C–C–N with tert-alkyl or cyclic N) is 1. The number of carbonyl (C=O) groups excluding carboxylic acids is 1. The van der Waals surface area contributed by atoms with Crippen molar-refractivity contribution in [3.8, 4) is 0 Å². The van der Waals surface area contributed by atoms with E-state index in [1.165, 1.54) is 23.4 Å². The summed E-state index contributed by atoms with van der Waals surface area (Å²) in [5, 5.41) is 25.6. The van der Waals surface area contributed by atoms with Gasteiger partial charge in [0.25, 0.3) is 5.91 Å². The van der Waals surface area contributed by atoms with Crippen molar-refractivity contribution in [1.29, 1.82) is 0 Å². The van der Waals surface area contributed by atoms with Crippen LogP contribution in [0.4, 0.5) is 4.39 Å². The number of piperazine rings is 1. The molecule has 12 heteroatoms. The van der Waals surface area contributed by atoms with E-state index in [-0.39, 0.29) is 36.7 Å². The van der Waals surface area contributed by atoms with Crippen LogP contribution in [0.1, 0.15) is 46.2 Å². The number of aromatic nitrogens is 2. The van der Waals surface area contributed by atoms with Crippen LogP contribution >= 0.6 is 23.2 Å². The van der Waals surface area contributed by atoms with Gasteiger partial charge in [-0.15, -0.1) is 0 Å². The fraction of sp³-hybridized carbons (Fsp3) is 0.414. The first-order valence-corrected chi connectivity index (χ1v) is 14.3. The normalized spacial score (nSPS) is 20.7. The van der Waals surface area contributed by atoms with E-state index in [9.17, 15) is 15.0 Å². The number of hydrogen-bond donors (Lipinski definition) is 3. The Hall–Kier alpha value is -2.70. The molecule has 0 bridgehead atoms. The number of benzene rings is 2. The van der Waals surface area contributed by atoms with Crippen LogP contribution in [0.2, 0.25) is 10.0 Å². The summed E-state index contributed by atoms with van der Waals surface area (Å²) in [6.45, 7) is 4.50. The first-order chi connectivity index (χ1) is 19.7. The number of aliphatic hydroxyl groups is 2. The molecule has 1 fully saturated rings. The first kappa shape index (κ1) is 29.8. The van der Waals surface area contributed by atoms with Crippen molar-refractivity contribution in [2.45, 2.75) is 31.2 Å². The average molecular weight is 605 g/mol. The molecule has 3 aromatic rings. The van der Waals surface area contributed by atoms with Crippen molar-refractivity contribution < 1.29 is 24.1 Å². The van der Waals surface area contributed by atoms with E-state index in [0.29, 0.717) is 34.1 Å². The van der Waals surface area contributed by atoms with Crippen molar-refractivity contribution >= 4 is 29.1 Å². The number of fused-ring (bicyclic) bond motifs is 1. The molecule has 41 heavy (non-hydrogen) atoms. The molecule has 5 rings (SSSR count). The number of hydrogen-bond acceptors (Lipinski definition) is 8. The van der Waals surface area contributed by atoms with E-state index in [1.807, 2.05) is 6.92 Å². The molecule has 0 spiro atoms. The molecule has 1 aromatic heterocycles. The third kappa shape index (κ3) is 5.70. The van der Waals surface area contributed by atoms with E-state index in [2.05, 4.69) is 20.2 Å². The molecule has 1 unspecified atom stereocenters. The molecule has 3 N–H and O–H groups in total. The third-order valence-corrected chi connectivity index (χ3v) is 8.16. The van der Waals surface area contributed by atoms with Crippen molar-refractivity contribution in [2.24, 2.45) is 0 Å². The van der Waals surface area contributed by atoms with Crippen LogP contribution in [0.25, 0.3) is 0 Å². The molecule has 218 valence electrons. The smallest absolute Gasteiger partial charge is 0.257 e. The second-order valence-corrected chi connectivity index (χ2v) is 11.1. The van der Waals surface area contributed by atoms with Gasteiger partial charge in [0, 0.05) is 55.7 Å². The van der Waals surface area contributed by atoms with Gasteiger partial charge in [-0.05, 0) is 36.2 Å². The Kier molecular flexibility index (Phi) is 8.91. The lowest BCUT2D eigenvalue weighted by molar-refractivity contribution is -0.121. The number of nitrogens with zero attached hydrogens (tertiary/aromatic N) is 4. The maximum Gasteiger partial charge on any atom is 0.257 e. The van der Waals surface area contributed by atoms with Gasteiger partial charge in [0.2, 0.25) is 0 Å². The number of carbonyl (C=O) groups is 1. The highest BCUT2D eigenvalue weighted by Crippen LogP contribution is 2.48. The quantitative estimate of drug-likeness (QED) is 0.324. The molecule has 9 nitrogen and oxygen atoms in total. The summed E-state index contributed by atoms with van der Waals surface area (Å²) in [4.78, 5) is 26.2. The lowest BCUT2D eigenvalue weighted by Crippen LogP contribution is -2.49. The Bertz CT molecular complexity index is 1390. The zero-order valence-corrected chi connectivity index (χ0v) is 24.1. The Morgan fingerprint density at radius 2 is 1.80 bits per heavy atom. The van der Waals surface area contributed by atoms with E-state index in [4.69, 9.17) is 27.9 Å². The van der Waals surface area contributed by atoms with Crippen molar-refractivity contribution in [1.82, 2.24) is 25.1 Å². The monoisotopic (exact) mass is 603 g/mol. The second kappa shape index (κ2) is 12.3. The predicted octanol–water partition coefficient (Wildman–Crippen LogP) is 3.29. The second-order valence-electron chi connectivity index (χ2n) is 10.2. The van der Waals surface area contributed by atoms with Gasteiger partial charge >= 0.3 is 0 Å². The van der Waals surface area contributed by atoms with Gasteiger partial charge < -0.3 is 20.3 Å². The summed E-state index contributed by atoms with van der Waals surface area (Å²) in [6, 6.07) is 9.39. The highest BCUT2D eigenvalue weighted by atomic mass is 35.5. The number of aliphatic hydroxyl groups excluding tert-OH is 1. The number of rotatable bonds is 10. The molecule has 0 saturated carbocycles. The van der Waals surface area contributed by atoms with Crippen molar-refractivity contribution in [2.75, 3.05) is 45.9 Å². The summed E-state index contributed by atoms with van der Waals surface area (Å²) in [6.07, 6.45) is 3.13. The molecule has 1 amide bonds. The summed E-state index contributed by atoms with van der Waals surface area (Å²) in [7, 11) is 0. The molecule has 1 saturated heterocycles. The fourth-order valence-corrected chi connectivity index (χ4v) is 5.83. The highest BCUT2D eigenvalue weighted by Gasteiger charge is 2.55. The summed E-state index contributed by atoms with van der Waals surface area (Å²) < 4.78 is 22.7. The van der Waals surface area contributed by atoms with Crippen molar-refractivity contribution in [3.63, 3.8) is 0 Å². The van der Waals surface area contributed by atoms with E-state index >= 15 is 4.39 Å². The van der Waals surface area contributed by atoms with Crippen molar-refractivity contribution in [3.05, 3.63) is 92.7 Å². The Balaban J connectivity index is 1.67. The topological polar surface area (TPSA) is 111 Å². The minimum absolute atomic E-state index is 0.0170. The van der Waals surface area contributed by atoms with Crippen LogP contribution in [0.3, 0.4) is 0 Å². The zero-order chi connectivity index (χ0) is 29.2. The van der Waals surface area contributed by atoms with E-state index < -0.39 is 23.1 Å². The molecular weight excluding hydrogens is 572 g/mol. The van der Waals surface area contributed by atoms with Gasteiger partial charge in [-0.1, -0.05) is 42.3 Å². The van der Waals surface area contributed by atoms with Crippen LogP contribution in [-0.4, -0.2) is 81.8 Å². The van der Waals surface area contributed by atoms with Gasteiger partial charge in [-0.3, -0.25) is 14.6 Å². The highest BCUT2D eigenvalue weighted by molar-refractivity contribution is 6.30. The fourth-order valence-electron chi connectivity index (χ4n) is 5.61. The van der Waals surface area contributed by atoms with Crippen LogP contribution < -0.4 is 5.32 Å². The van der Waals surface area contributed by atoms with Crippen LogP contribution in [0.15, 0.2) is 48.8 Å². The predicted molar refractivity (Wildman–Crippen MR) is 152 cm³/mol. The largest absolute Gasteiger partial charge is 0.394 e. The lowest BCUT2D eigenvalue weighted by atomic mass is 9.85. The molecule has 2 aliphatic rings. The molecule has 0 aliphatic carbocycles. The van der Waals surface area contributed by atoms with Crippen LogP contribution in [0, 0.1) is 5.82 Å². The first-order valence-electron chi connectivity index (χ1n) is 13.5. The summed E-state index contributed by atoms with van der Waals surface area (Å²) in [5.74, 6) is -0.996. The van der Waals surface area contributed by atoms with Gasteiger partial charge in [-0.25, -0.2) is 14.4 Å². The number of ether oxygens (including phenoxy) is 1. The van der Waals surface area contributed by atoms with Gasteiger partial charge in [0.05, 0.1) is 35.9 Å². The standard InChI is InChI=1S/C29H32Cl2FN5O4/c1-2-28(40,18-36-9-7-33-8-10-36)20-13-23-26(24(32)14-20)29(41-12-11-38,19-3-5-21(30)6-4-19)37(27(23)39)17-25-34-15-22(31)16-35-25/h3-6,13-16,33,38,40H,2,7-12,17-18H2,1H3/t28?,29-/m1/s1. The third-order valence-electron chi connectivity index (χ3n) is 7.71. The number of nitrogens with one attached hydrogen (secondary N) is 1.